The monoisotopic (exact) mass is 273 g/mol. The second-order valence-corrected chi connectivity index (χ2v) is 3.92. The highest BCUT2D eigenvalue weighted by Gasteiger charge is 2.29. The summed E-state index contributed by atoms with van der Waals surface area (Å²) in [5.74, 6) is -2.11. The third-order valence-electron chi connectivity index (χ3n) is 2.19. The van der Waals surface area contributed by atoms with Crippen LogP contribution in [0.15, 0.2) is 12.1 Å². The second kappa shape index (κ2) is 5.18. The Labute approximate surface area is 99.4 Å². The fraction of sp³-hybridized carbons (Fsp3) is 0.400. The zero-order valence-corrected chi connectivity index (χ0v) is 9.25. The number of benzene rings is 1. The second-order valence-electron chi connectivity index (χ2n) is 3.52. The summed E-state index contributed by atoms with van der Waals surface area (Å²) >= 11 is 5.40. The van der Waals surface area contributed by atoms with Gasteiger partial charge in [-0.25, -0.2) is 8.78 Å². The molecule has 1 atom stereocenters. The number of halogens is 6. The summed E-state index contributed by atoms with van der Waals surface area (Å²) in [4.78, 5) is 0. The van der Waals surface area contributed by atoms with Gasteiger partial charge in [-0.1, -0.05) is 11.6 Å². The van der Waals surface area contributed by atoms with Gasteiger partial charge in [-0.15, -0.1) is 0 Å². The molecular weight excluding hydrogens is 265 g/mol. The Kier molecular flexibility index (Phi) is 4.32. The van der Waals surface area contributed by atoms with Gasteiger partial charge in [-0.05, 0) is 18.6 Å². The van der Waals surface area contributed by atoms with Crippen molar-refractivity contribution >= 4 is 11.6 Å². The summed E-state index contributed by atoms with van der Waals surface area (Å²) in [6.07, 6.45) is -6.22. The summed E-state index contributed by atoms with van der Waals surface area (Å²) in [7, 11) is 0. The Morgan fingerprint density at radius 3 is 2.35 bits per heavy atom. The molecule has 0 aliphatic heterocycles. The molecule has 0 radical (unpaired) electrons. The number of hydrogen-bond donors (Lipinski definition) is 1. The summed E-state index contributed by atoms with van der Waals surface area (Å²) in [6, 6.07) is 0.468. The molecule has 1 aromatic rings. The predicted octanol–water partition coefficient (Wildman–Crippen LogP) is 3.96. The Balaban J connectivity index is 2.89. The third kappa shape index (κ3) is 3.81. The number of alkyl halides is 3. The van der Waals surface area contributed by atoms with E-state index in [0.717, 1.165) is 12.1 Å². The molecule has 0 aliphatic rings. The van der Waals surface area contributed by atoms with Gasteiger partial charge in [0, 0.05) is 18.0 Å². The fourth-order valence-electron chi connectivity index (χ4n) is 1.35. The molecule has 0 bridgehead atoms. The molecule has 1 nitrogen and oxygen atoms in total. The highest BCUT2D eigenvalue weighted by Crippen LogP contribution is 2.30. The molecule has 96 valence electrons. The van der Waals surface area contributed by atoms with E-state index in [0.29, 0.717) is 0 Å². The third-order valence-corrected chi connectivity index (χ3v) is 2.48. The first-order chi connectivity index (χ1) is 7.72. The van der Waals surface area contributed by atoms with Crippen LogP contribution >= 0.6 is 11.6 Å². The van der Waals surface area contributed by atoms with Gasteiger partial charge in [-0.3, -0.25) is 0 Å². The van der Waals surface area contributed by atoms with E-state index in [2.05, 4.69) is 0 Å². The average molecular weight is 274 g/mol. The van der Waals surface area contributed by atoms with E-state index in [1.165, 1.54) is 0 Å². The first-order valence-corrected chi connectivity index (χ1v) is 5.06. The molecule has 7 heteroatoms. The summed E-state index contributed by atoms with van der Waals surface area (Å²) in [5, 5.41) is -0.371. The van der Waals surface area contributed by atoms with Crippen LogP contribution in [0.5, 0.6) is 0 Å². The maximum atomic E-state index is 13.4. The largest absolute Gasteiger partial charge is 0.389 e. The maximum Gasteiger partial charge on any atom is 0.389 e. The smallest absolute Gasteiger partial charge is 0.324 e. The molecule has 0 amide bonds. The highest BCUT2D eigenvalue weighted by molar-refractivity contribution is 6.30. The lowest BCUT2D eigenvalue weighted by Crippen LogP contribution is -2.18. The first kappa shape index (κ1) is 14.2. The fourth-order valence-corrected chi connectivity index (χ4v) is 1.51. The van der Waals surface area contributed by atoms with E-state index in [1.807, 2.05) is 0 Å². The molecule has 0 aliphatic carbocycles. The lowest BCUT2D eigenvalue weighted by Gasteiger charge is -2.15. The van der Waals surface area contributed by atoms with Crippen molar-refractivity contribution in [3.05, 3.63) is 34.4 Å². The van der Waals surface area contributed by atoms with Gasteiger partial charge in [0.1, 0.15) is 11.6 Å². The van der Waals surface area contributed by atoms with Crippen molar-refractivity contribution in [3.63, 3.8) is 0 Å². The number of nitrogens with two attached hydrogens (primary N) is 1. The predicted molar refractivity (Wildman–Crippen MR) is 53.6 cm³/mol. The molecule has 0 unspecified atom stereocenters. The summed E-state index contributed by atoms with van der Waals surface area (Å²) < 4.78 is 62.5. The van der Waals surface area contributed by atoms with E-state index in [9.17, 15) is 22.0 Å². The lowest BCUT2D eigenvalue weighted by atomic mass is 10.0. The molecule has 0 spiro atoms. The summed E-state index contributed by atoms with van der Waals surface area (Å²) in [6.45, 7) is 0. The first-order valence-electron chi connectivity index (χ1n) is 4.68. The van der Waals surface area contributed by atoms with Crippen LogP contribution in [-0.2, 0) is 0 Å². The lowest BCUT2D eigenvalue weighted by molar-refractivity contribution is -0.136. The van der Waals surface area contributed by atoms with Gasteiger partial charge < -0.3 is 5.73 Å². The quantitative estimate of drug-likeness (QED) is 0.655. The van der Waals surface area contributed by atoms with Gasteiger partial charge >= 0.3 is 6.18 Å². The van der Waals surface area contributed by atoms with Crippen LogP contribution < -0.4 is 5.73 Å². The van der Waals surface area contributed by atoms with Crippen LogP contribution in [0.2, 0.25) is 5.02 Å². The molecule has 0 heterocycles. The van der Waals surface area contributed by atoms with Crippen LogP contribution in [0, 0.1) is 11.6 Å². The molecule has 2 N–H and O–H groups in total. The standard InChI is InChI=1S/C10H9ClF5N/c11-5-1-2-6(12)8(9(5)13)7(17)3-4-10(14,15)16/h1-2,7H,3-4,17H2/t7-/m0/s1. The Morgan fingerprint density at radius 2 is 1.82 bits per heavy atom. The van der Waals surface area contributed by atoms with Gasteiger partial charge in [0.05, 0.1) is 5.02 Å². The molecule has 0 aromatic heterocycles. The van der Waals surface area contributed by atoms with Crippen molar-refractivity contribution < 1.29 is 22.0 Å². The van der Waals surface area contributed by atoms with Crippen LogP contribution in [0.25, 0.3) is 0 Å². The van der Waals surface area contributed by atoms with Crippen molar-refractivity contribution in [2.75, 3.05) is 0 Å². The van der Waals surface area contributed by atoms with E-state index < -0.39 is 42.3 Å². The SMILES string of the molecule is N[C@@H](CCC(F)(F)F)c1c(F)ccc(Cl)c1F. The van der Waals surface area contributed by atoms with Gasteiger partial charge in [0.25, 0.3) is 0 Å². The van der Waals surface area contributed by atoms with Crippen molar-refractivity contribution in [2.45, 2.75) is 25.1 Å². The van der Waals surface area contributed by atoms with E-state index in [-0.39, 0.29) is 5.02 Å². The van der Waals surface area contributed by atoms with Crippen LogP contribution in [-0.4, -0.2) is 6.18 Å². The van der Waals surface area contributed by atoms with Gasteiger partial charge in [0.2, 0.25) is 0 Å². The number of hydrogen-bond acceptors (Lipinski definition) is 1. The molecule has 0 saturated heterocycles. The zero-order chi connectivity index (χ0) is 13.2. The molecular formula is C10H9ClF5N. The van der Waals surface area contributed by atoms with E-state index in [1.54, 1.807) is 0 Å². The van der Waals surface area contributed by atoms with Crippen molar-refractivity contribution in [3.8, 4) is 0 Å². The topological polar surface area (TPSA) is 26.0 Å². The Morgan fingerprint density at radius 1 is 1.24 bits per heavy atom. The van der Waals surface area contributed by atoms with Crippen molar-refractivity contribution in [2.24, 2.45) is 5.73 Å². The van der Waals surface area contributed by atoms with Crippen LogP contribution in [0.3, 0.4) is 0 Å². The van der Waals surface area contributed by atoms with Crippen LogP contribution in [0.1, 0.15) is 24.4 Å². The van der Waals surface area contributed by atoms with Crippen LogP contribution in [0.4, 0.5) is 22.0 Å². The number of rotatable bonds is 3. The molecule has 0 saturated carbocycles. The Hall–Kier alpha value is -0.880. The zero-order valence-electron chi connectivity index (χ0n) is 8.49. The van der Waals surface area contributed by atoms with E-state index in [4.69, 9.17) is 17.3 Å². The van der Waals surface area contributed by atoms with Crippen molar-refractivity contribution in [1.29, 1.82) is 0 Å². The molecule has 17 heavy (non-hydrogen) atoms. The molecule has 1 rings (SSSR count). The minimum Gasteiger partial charge on any atom is -0.324 e. The van der Waals surface area contributed by atoms with Crippen molar-refractivity contribution in [1.82, 2.24) is 0 Å². The normalized spacial score (nSPS) is 13.8. The maximum absolute atomic E-state index is 13.4. The minimum absolute atomic E-state index is 0.371. The Bertz CT molecular complexity index is 404. The highest BCUT2D eigenvalue weighted by atomic mass is 35.5. The minimum atomic E-state index is -4.41. The molecule has 0 fully saturated rings. The van der Waals surface area contributed by atoms with Gasteiger partial charge in [0.15, 0.2) is 0 Å². The molecule has 1 aromatic carbocycles. The van der Waals surface area contributed by atoms with E-state index >= 15 is 0 Å². The van der Waals surface area contributed by atoms with Gasteiger partial charge in [-0.2, -0.15) is 13.2 Å². The average Bonchev–Trinajstić information content (AvgIpc) is 2.20. The summed E-state index contributed by atoms with van der Waals surface area (Å²) in [5.41, 5.74) is 4.72.